The zero-order valence-electron chi connectivity index (χ0n) is 17.9. The summed E-state index contributed by atoms with van der Waals surface area (Å²) in [6, 6.07) is 16.8. The van der Waals surface area contributed by atoms with Crippen molar-refractivity contribution in [2.45, 2.75) is 17.9 Å². The monoisotopic (exact) mass is 492 g/mol. The van der Waals surface area contributed by atoms with Crippen LogP contribution < -0.4 is 4.72 Å². The highest BCUT2D eigenvalue weighted by molar-refractivity contribution is 7.89. The van der Waals surface area contributed by atoms with Crippen molar-refractivity contribution in [2.75, 3.05) is 6.54 Å². The first-order valence-electron chi connectivity index (χ1n) is 10.5. The van der Waals surface area contributed by atoms with Crippen molar-refractivity contribution in [1.29, 1.82) is 0 Å². The molecular formula is C24H20N4O4S2. The van der Waals surface area contributed by atoms with Gasteiger partial charge in [-0.2, -0.15) is 0 Å². The van der Waals surface area contributed by atoms with Crippen molar-refractivity contribution < 1.29 is 18.0 Å². The summed E-state index contributed by atoms with van der Waals surface area (Å²) in [6.07, 6.45) is 2.07. The van der Waals surface area contributed by atoms with Gasteiger partial charge in [-0.1, -0.05) is 30.3 Å². The number of rotatable bonds is 8. The Kier molecular flexibility index (Phi) is 5.86. The number of nitrogens with zero attached hydrogens (tertiary/aromatic N) is 2. The van der Waals surface area contributed by atoms with Gasteiger partial charge in [0, 0.05) is 18.7 Å². The number of aromatic nitrogens is 2. The molecular weight excluding hydrogens is 472 g/mol. The van der Waals surface area contributed by atoms with Crippen LogP contribution in [0.25, 0.3) is 10.6 Å². The van der Waals surface area contributed by atoms with Crippen LogP contribution in [0.2, 0.25) is 0 Å². The van der Waals surface area contributed by atoms with Gasteiger partial charge < -0.3 is 4.98 Å². The molecule has 4 aromatic rings. The van der Waals surface area contributed by atoms with Crippen LogP contribution in [0.1, 0.15) is 32.0 Å². The normalized spacial score (nSPS) is 13.5. The van der Waals surface area contributed by atoms with Gasteiger partial charge in [0.05, 0.1) is 33.8 Å². The Morgan fingerprint density at radius 3 is 2.29 bits per heavy atom. The molecule has 1 aliphatic heterocycles. The lowest BCUT2D eigenvalue weighted by molar-refractivity contribution is 0.0642. The van der Waals surface area contributed by atoms with Crippen LogP contribution in [0, 0.1) is 0 Å². The Morgan fingerprint density at radius 2 is 1.65 bits per heavy atom. The van der Waals surface area contributed by atoms with Crippen molar-refractivity contribution in [3.05, 3.63) is 94.8 Å². The Bertz CT molecular complexity index is 1420. The molecule has 2 amide bonds. The molecule has 10 heteroatoms. The molecule has 172 valence electrons. The number of sulfonamides is 1. The van der Waals surface area contributed by atoms with E-state index in [0.29, 0.717) is 23.1 Å². The molecule has 0 bridgehead atoms. The Balaban J connectivity index is 1.22. The highest BCUT2D eigenvalue weighted by Crippen LogP contribution is 2.26. The van der Waals surface area contributed by atoms with E-state index in [-0.39, 0.29) is 29.8 Å². The van der Waals surface area contributed by atoms with Gasteiger partial charge in [0.2, 0.25) is 10.0 Å². The average Bonchev–Trinajstić information content (AvgIpc) is 3.58. The van der Waals surface area contributed by atoms with E-state index in [9.17, 15) is 18.0 Å². The van der Waals surface area contributed by atoms with E-state index in [1.807, 2.05) is 17.5 Å². The first-order valence-corrected chi connectivity index (χ1v) is 12.9. The number of thiophene rings is 1. The van der Waals surface area contributed by atoms with Crippen LogP contribution in [0.5, 0.6) is 0 Å². The second-order valence-corrected chi connectivity index (χ2v) is 10.5. The molecule has 34 heavy (non-hydrogen) atoms. The number of amides is 2. The number of H-pyrrole nitrogens is 1. The Hall–Kier alpha value is -3.60. The SMILES string of the molecule is O=C1c2ccccc2C(=O)N1Cc1ccc(S(=O)(=O)NCCc2[nH]cnc2-c2cccs2)cc1. The van der Waals surface area contributed by atoms with Crippen molar-refractivity contribution >= 4 is 33.2 Å². The zero-order chi connectivity index (χ0) is 23.7. The van der Waals surface area contributed by atoms with Crippen LogP contribution in [-0.2, 0) is 23.0 Å². The minimum Gasteiger partial charge on any atom is -0.348 e. The van der Waals surface area contributed by atoms with E-state index in [2.05, 4.69) is 14.7 Å². The molecule has 2 N–H and O–H groups in total. The zero-order valence-corrected chi connectivity index (χ0v) is 19.5. The summed E-state index contributed by atoms with van der Waals surface area (Å²) in [6.45, 7) is 0.283. The molecule has 0 unspecified atom stereocenters. The van der Waals surface area contributed by atoms with Gasteiger partial charge in [0.15, 0.2) is 0 Å². The molecule has 1 aliphatic rings. The Labute approximate surface area is 200 Å². The molecule has 0 radical (unpaired) electrons. The molecule has 5 rings (SSSR count). The van der Waals surface area contributed by atoms with E-state index < -0.39 is 10.0 Å². The molecule has 2 aromatic carbocycles. The van der Waals surface area contributed by atoms with E-state index in [1.165, 1.54) is 17.0 Å². The van der Waals surface area contributed by atoms with Gasteiger partial charge in [-0.15, -0.1) is 11.3 Å². The third-order valence-corrected chi connectivity index (χ3v) is 7.95. The van der Waals surface area contributed by atoms with E-state index in [1.54, 1.807) is 54.1 Å². The van der Waals surface area contributed by atoms with Crippen molar-refractivity contribution in [2.24, 2.45) is 0 Å². The number of fused-ring (bicyclic) bond motifs is 1. The van der Waals surface area contributed by atoms with E-state index >= 15 is 0 Å². The van der Waals surface area contributed by atoms with Crippen LogP contribution in [0.15, 0.2) is 77.3 Å². The summed E-state index contributed by atoms with van der Waals surface area (Å²) in [4.78, 5) is 34.8. The van der Waals surface area contributed by atoms with Gasteiger partial charge in [-0.25, -0.2) is 18.1 Å². The minimum atomic E-state index is -3.72. The summed E-state index contributed by atoms with van der Waals surface area (Å²) < 4.78 is 28.1. The maximum Gasteiger partial charge on any atom is 0.261 e. The van der Waals surface area contributed by atoms with Gasteiger partial charge in [-0.3, -0.25) is 14.5 Å². The fourth-order valence-corrected chi connectivity index (χ4v) is 5.65. The standard InChI is InChI=1S/C24H20N4O4S2/c29-23-18-4-1-2-5-19(18)24(30)28(23)14-16-7-9-17(10-8-16)34(31,32)27-12-11-20-22(26-15-25-20)21-6-3-13-33-21/h1-10,13,15,27H,11-12,14H2,(H,25,26). The van der Waals surface area contributed by atoms with Crippen molar-refractivity contribution in [3.8, 4) is 10.6 Å². The lowest BCUT2D eigenvalue weighted by Crippen LogP contribution is -2.29. The second-order valence-electron chi connectivity index (χ2n) is 7.74. The van der Waals surface area contributed by atoms with Gasteiger partial charge in [0.1, 0.15) is 5.69 Å². The molecule has 0 spiro atoms. The number of benzene rings is 2. The summed E-state index contributed by atoms with van der Waals surface area (Å²) in [5.41, 5.74) is 3.12. The predicted octanol–water partition coefficient (Wildman–Crippen LogP) is 3.46. The van der Waals surface area contributed by atoms with Crippen LogP contribution in [0.3, 0.4) is 0 Å². The molecule has 0 saturated carbocycles. The summed E-state index contributed by atoms with van der Waals surface area (Å²) >= 11 is 1.57. The topological polar surface area (TPSA) is 112 Å². The Morgan fingerprint density at radius 1 is 0.941 bits per heavy atom. The number of carbonyl (C=O) groups is 2. The lowest BCUT2D eigenvalue weighted by atomic mass is 10.1. The fourth-order valence-electron chi connectivity index (χ4n) is 3.87. The average molecular weight is 493 g/mol. The van der Waals surface area contributed by atoms with Gasteiger partial charge >= 0.3 is 0 Å². The second kappa shape index (κ2) is 8.98. The first kappa shape index (κ1) is 22.2. The number of nitrogens with one attached hydrogen (secondary N) is 2. The lowest BCUT2D eigenvalue weighted by Gasteiger charge is -2.14. The highest BCUT2D eigenvalue weighted by atomic mass is 32.2. The van der Waals surface area contributed by atoms with E-state index in [0.717, 1.165) is 16.3 Å². The molecule has 8 nitrogen and oxygen atoms in total. The number of carbonyl (C=O) groups excluding carboxylic acids is 2. The van der Waals surface area contributed by atoms with Crippen molar-refractivity contribution in [3.63, 3.8) is 0 Å². The molecule has 0 aliphatic carbocycles. The molecule has 0 fully saturated rings. The number of imide groups is 1. The van der Waals surface area contributed by atoms with E-state index in [4.69, 9.17) is 0 Å². The number of hydrogen-bond acceptors (Lipinski definition) is 6. The largest absolute Gasteiger partial charge is 0.348 e. The third kappa shape index (κ3) is 4.18. The molecule has 0 saturated heterocycles. The fraction of sp³-hybridized carbons (Fsp3) is 0.125. The van der Waals surface area contributed by atoms with Crippen molar-refractivity contribution in [1.82, 2.24) is 19.6 Å². The summed E-state index contributed by atoms with van der Waals surface area (Å²) in [5.74, 6) is -0.695. The van der Waals surface area contributed by atoms with Crippen LogP contribution in [-0.4, -0.2) is 41.6 Å². The first-order chi connectivity index (χ1) is 16.4. The maximum absolute atomic E-state index is 12.7. The van der Waals surface area contributed by atoms with Crippen LogP contribution >= 0.6 is 11.3 Å². The minimum absolute atomic E-state index is 0.0748. The number of hydrogen-bond donors (Lipinski definition) is 2. The number of aromatic amines is 1. The number of imidazole rings is 1. The third-order valence-electron chi connectivity index (χ3n) is 5.59. The predicted molar refractivity (Wildman–Crippen MR) is 128 cm³/mol. The molecule has 0 atom stereocenters. The molecule has 2 aromatic heterocycles. The highest BCUT2D eigenvalue weighted by Gasteiger charge is 2.34. The summed E-state index contributed by atoms with van der Waals surface area (Å²) in [7, 11) is -3.72. The van der Waals surface area contributed by atoms with Gasteiger partial charge in [0.25, 0.3) is 11.8 Å². The van der Waals surface area contributed by atoms with Gasteiger partial charge in [-0.05, 0) is 41.3 Å². The smallest absolute Gasteiger partial charge is 0.261 e. The quantitative estimate of drug-likeness (QED) is 0.366. The maximum atomic E-state index is 12.7. The molecule has 3 heterocycles. The summed E-state index contributed by atoms with van der Waals surface area (Å²) in [5, 5.41) is 1.97. The van der Waals surface area contributed by atoms with Crippen LogP contribution in [0.4, 0.5) is 0 Å².